The molecule has 0 unspecified atom stereocenters. The quantitative estimate of drug-likeness (QED) is 0.570. The van der Waals surface area contributed by atoms with E-state index in [1.807, 2.05) is 6.07 Å². The SMILES string of the molecule is CN=C(NCC1(CS(C)(=O)=O)CC1)NCC1(c2cccc(F)c2)CC1. The van der Waals surface area contributed by atoms with Gasteiger partial charge in [-0.1, -0.05) is 12.1 Å². The van der Waals surface area contributed by atoms with Crippen molar-refractivity contribution in [3.8, 4) is 0 Å². The molecule has 2 aliphatic carbocycles. The Balaban J connectivity index is 1.54. The summed E-state index contributed by atoms with van der Waals surface area (Å²) in [6.07, 6.45) is 5.20. The first-order valence-electron chi connectivity index (χ1n) is 8.64. The molecule has 0 radical (unpaired) electrons. The van der Waals surface area contributed by atoms with Gasteiger partial charge in [0.05, 0.1) is 5.75 Å². The van der Waals surface area contributed by atoms with Crippen LogP contribution in [0.25, 0.3) is 0 Å². The molecule has 7 heteroatoms. The van der Waals surface area contributed by atoms with Gasteiger partial charge in [0.15, 0.2) is 5.96 Å². The number of nitrogens with zero attached hydrogens (tertiary/aromatic N) is 1. The van der Waals surface area contributed by atoms with E-state index in [4.69, 9.17) is 0 Å². The predicted octanol–water partition coefficient (Wildman–Crippen LogP) is 1.85. The number of hydrogen-bond acceptors (Lipinski definition) is 3. The van der Waals surface area contributed by atoms with Gasteiger partial charge in [-0.2, -0.15) is 0 Å². The van der Waals surface area contributed by atoms with Crippen molar-refractivity contribution in [1.82, 2.24) is 10.6 Å². The fourth-order valence-corrected chi connectivity index (χ4v) is 4.89. The molecule has 0 heterocycles. The molecule has 0 amide bonds. The lowest BCUT2D eigenvalue weighted by atomic mass is 9.96. The second-order valence-electron chi connectivity index (χ2n) is 7.64. The van der Waals surface area contributed by atoms with Gasteiger partial charge in [-0.15, -0.1) is 0 Å². The van der Waals surface area contributed by atoms with Gasteiger partial charge < -0.3 is 10.6 Å². The van der Waals surface area contributed by atoms with Crippen LogP contribution in [0, 0.1) is 11.2 Å². The molecular weight excluding hydrogens is 341 g/mol. The lowest BCUT2D eigenvalue weighted by Gasteiger charge is -2.21. The molecule has 2 aliphatic rings. The fraction of sp³-hybridized carbons (Fsp3) is 0.611. The third-order valence-corrected chi connectivity index (χ3v) is 6.40. The molecule has 0 aromatic heterocycles. The maximum atomic E-state index is 13.5. The zero-order valence-corrected chi connectivity index (χ0v) is 15.6. The largest absolute Gasteiger partial charge is 0.356 e. The average molecular weight is 367 g/mol. The summed E-state index contributed by atoms with van der Waals surface area (Å²) in [5.41, 5.74) is 0.848. The topological polar surface area (TPSA) is 70.6 Å². The van der Waals surface area contributed by atoms with Crippen molar-refractivity contribution in [1.29, 1.82) is 0 Å². The van der Waals surface area contributed by atoms with E-state index in [2.05, 4.69) is 15.6 Å². The van der Waals surface area contributed by atoms with Crippen molar-refractivity contribution in [2.75, 3.05) is 32.1 Å². The second kappa shape index (κ2) is 6.59. The number of rotatable bonds is 7. The van der Waals surface area contributed by atoms with E-state index in [-0.39, 0.29) is 22.4 Å². The van der Waals surface area contributed by atoms with E-state index >= 15 is 0 Å². The molecule has 2 fully saturated rings. The lowest BCUT2D eigenvalue weighted by molar-refractivity contribution is 0.527. The molecule has 25 heavy (non-hydrogen) atoms. The molecular formula is C18H26FN3O2S. The number of halogens is 1. The molecule has 1 aromatic carbocycles. The summed E-state index contributed by atoms with van der Waals surface area (Å²) in [5.74, 6) is 0.683. The third kappa shape index (κ3) is 4.71. The molecule has 0 bridgehead atoms. The summed E-state index contributed by atoms with van der Waals surface area (Å²) in [5, 5.41) is 6.58. The van der Waals surface area contributed by atoms with Crippen LogP contribution in [0.5, 0.6) is 0 Å². The Labute approximate surface area is 149 Å². The van der Waals surface area contributed by atoms with Crippen molar-refractivity contribution in [2.45, 2.75) is 31.1 Å². The fourth-order valence-electron chi connectivity index (χ4n) is 3.39. The number of hydrogen-bond donors (Lipinski definition) is 2. The molecule has 0 aliphatic heterocycles. The highest BCUT2D eigenvalue weighted by Crippen LogP contribution is 2.48. The zero-order chi connectivity index (χ0) is 18.1. The van der Waals surface area contributed by atoms with Crippen LogP contribution >= 0.6 is 0 Å². The van der Waals surface area contributed by atoms with Crippen LogP contribution in [0.2, 0.25) is 0 Å². The predicted molar refractivity (Wildman–Crippen MR) is 98.1 cm³/mol. The minimum Gasteiger partial charge on any atom is -0.356 e. The van der Waals surface area contributed by atoms with Gasteiger partial charge in [0.1, 0.15) is 15.7 Å². The first-order valence-corrected chi connectivity index (χ1v) is 10.7. The van der Waals surface area contributed by atoms with Crippen molar-refractivity contribution in [3.05, 3.63) is 35.6 Å². The van der Waals surface area contributed by atoms with Crippen LogP contribution in [0.4, 0.5) is 4.39 Å². The molecule has 2 N–H and O–H groups in total. The summed E-state index contributed by atoms with van der Waals surface area (Å²) in [4.78, 5) is 4.23. The zero-order valence-electron chi connectivity index (χ0n) is 14.8. The first kappa shape index (κ1) is 18.2. The highest BCUT2D eigenvalue weighted by Gasteiger charge is 2.46. The number of sulfone groups is 1. The van der Waals surface area contributed by atoms with Crippen LogP contribution in [0.1, 0.15) is 31.2 Å². The monoisotopic (exact) mass is 367 g/mol. The maximum absolute atomic E-state index is 13.5. The Morgan fingerprint density at radius 1 is 1.20 bits per heavy atom. The van der Waals surface area contributed by atoms with Gasteiger partial charge in [0, 0.05) is 37.2 Å². The average Bonchev–Trinajstić information content (AvgIpc) is 3.44. The normalized spacial score (nSPS) is 20.8. The van der Waals surface area contributed by atoms with Crippen molar-refractivity contribution < 1.29 is 12.8 Å². The number of benzene rings is 1. The van der Waals surface area contributed by atoms with Gasteiger partial charge in [0.2, 0.25) is 0 Å². The summed E-state index contributed by atoms with van der Waals surface area (Å²) >= 11 is 0. The molecule has 2 saturated carbocycles. The summed E-state index contributed by atoms with van der Waals surface area (Å²) in [7, 11) is -1.27. The van der Waals surface area contributed by atoms with Crippen molar-refractivity contribution in [3.63, 3.8) is 0 Å². The molecule has 0 spiro atoms. The van der Waals surface area contributed by atoms with E-state index in [0.717, 1.165) is 31.2 Å². The van der Waals surface area contributed by atoms with Gasteiger partial charge in [-0.05, 0) is 43.4 Å². The molecule has 1 aromatic rings. The smallest absolute Gasteiger partial charge is 0.191 e. The molecule has 0 atom stereocenters. The van der Waals surface area contributed by atoms with Gasteiger partial charge in [-0.25, -0.2) is 12.8 Å². The minimum absolute atomic E-state index is 0.0241. The van der Waals surface area contributed by atoms with E-state index < -0.39 is 9.84 Å². The molecule has 3 rings (SSSR count). The van der Waals surface area contributed by atoms with E-state index in [1.54, 1.807) is 19.2 Å². The first-order chi connectivity index (χ1) is 11.8. The Hall–Kier alpha value is -1.63. The maximum Gasteiger partial charge on any atom is 0.191 e. The third-order valence-electron chi connectivity index (χ3n) is 5.26. The minimum atomic E-state index is -2.98. The van der Waals surface area contributed by atoms with Crippen molar-refractivity contribution in [2.24, 2.45) is 10.4 Å². The molecule has 5 nitrogen and oxygen atoms in total. The highest BCUT2D eigenvalue weighted by atomic mass is 32.2. The molecule has 138 valence electrons. The van der Waals surface area contributed by atoms with Crippen LogP contribution in [-0.2, 0) is 15.3 Å². The highest BCUT2D eigenvalue weighted by molar-refractivity contribution is 7.90. The van der Waals surface area contributed by atoms with E-state index in [1.165, 1.54) is 12.3 Å². The van der Waals surface area contributed by atoms with Crippen LogP contribution in [-0.4, -0.2) is 46.5 Å². The van der Waals surface area contributed by atoms with Crippen LogP contribution < -0.4 is 10.6 Å². The van der Waals surface area contributed by atoms with Gasteiger partial charge in [0.25, 0.3) is 0 Å². The number of aliphatic imine (C=N–C) groups is 1. The summed E-state index contributed by atoms with van der Waals surface area (Å²) < 4.78 is 36.6. The van der Waals surface area contributed by atoms with Crippen LogP contribution in [0.15, 0.2) is 29.3 Å². The van der Waals surface area contributed by atoms with E-state index in [0.29, 0.717) is 19.0 Å². The summed E-state index contributed by atoms with van der Waals surface area (Å²) in [6, 6.07) is 6.79. The Morgan fingerprint density at radius 3 is 2.40 bits per heavy atom. The lowest BCUT2D eigenvalue weighted by Crippen LogP contribution is -2.44. The Bertz CT molecular complexity index is 768. The second-order valence-corrected chi connectivity index (χ2v) is 9.78. The van der Waals surface area contributed by atoms with Gasteiger partial charge >= 0.3 is 0 Å². The number of nitrogens with one attached hydrogen (secondary N) is 2. The Morgan fingerprint density at radius 2 is 1.88 bits per heavy atom. The van der Waals surface area contributed by atoms with E-state index in [9.17, 15) is 12.8 Å². The summed E-state index contributed by atoms with van der Waals surface area (Å²) in [6.45, 7) is 1.29. The molecule has 0 saturated heterocycles. The standard InChI is InChI=1S/C18H26FN3O2S/c1-20-16(21-11-17(6-7-17)13-25(2,23)24)22-12-18(8-9-18)14-4-3-5-15(19)10-14/h3-5,10H,6-9,11-13H2,1-2H3,(H2,20,21,22). The Kier molecular flexibility index (Phi) is 4.79. The van der Waals surface area contributed by atoms with Gasteiger partial charge in [-0.3, -0.25) is 4.99 Å². The van der Waals surface area contributed by atoms with Crippen LogP contribution in [0.3, 0.4) is 0 Å². The van der Waals surface area contributed by atoms with Crippen molar-refractivity contribution >= 4 is 15.8 Å². The number of guanidine groups is 1.